The molecule has 0 heterocycles. The van der Waals surface area contributed by atoms with Gasteiger partial charge in [-0.3, -0.25) is 4.90 Å². The molecule has 2 aromatic carbocycles. The fourth-order valence-electron chi connectivity index (χ4n) is 2.60. The van der Waals surface area contributed by atoms with Gasteiger partial charge < -0.3 is 15.4 Å². The third-order valence-electron chi connectivity index (χ3n) is 4.19. The van der Waals surface area contributed by atoms with Crippen LogP contribution in [0, 0.1) is 0 Å². The van der Waals surface area contributed by atoms with E-state index in [1.807, 2.05) is 36.4 Å². The molecule has 0 aliphatic rings. The summed E-state index contributed by atoms with van der Waals surface area (Å²) in [6.07, 6.45) is 0. The summed E-state index contributed by atoms with van der Waals surface area (Å²) in [5.74, 6) is 0.760. The SMILES string of the molecule is CCN(CC)Cc1ccccc1CNC(=O)Nc1ccc(OC)cc1. The Morgan fingerprint density at radius 1 is 1.00 bits per heavy atom. The molecule has 0 saturated carbocycles. The third-order valence-corrected chi connectivity index (χ3v) is 4.19. The van der Waals surface area contributed by atoms with Crippen molar-refractivity contribution < 1.29 is 9.53 Å². The molecule has 2 N–H and O–H groups in total. The molecule has 0 spiro atoms. The van der Waals surface area contributed by atoms with Gasteiger partial charge in [-0.2, -0.15) is 0 Å². The van der Waals surface area contributed by atoms with Crippen LogP contribution in [-0.2, 0) is 13.1 Å². The molecule has 2 rings (SSSR count). The zero-order valence-corrected chi connectivity index (χ0v) is 15.2. The highest BCUT2D eigenvalue weighted by Crippen LogP contribution is 2.15. The fraction of sp³-hybridized carbons (Fsp3) is 0.350. The van der Waals surface area contributed by atoms with Gasteiger partial charge >= 0.3 is 6.03 Å². The Morgan fingerprint density at radius 2 is 1.64 bits per heavy atom. The Balaban J connectivity index is 1.92. The molecule has 2 amide bonds. The van der Waals surface area contributed by atoms with Gasteiger partial charge in [0, 0.05) is 18.8 Å². The lowest BCUT2D eigenvalue weighted by molar-refractivity contribution is 0.251. The molecule has 0 bridgehead atoms. The quantitative estimate of drug-likeness (QED) is 0.766. The number of benzene rings is 2. The van der Waals surface area contributed by atoms with Gasteiger partial charge in [0.2, 0.25) is 0 Å². The number of nitrogens with zero attached hydrogens (tertiary/aromatic N) is 1. The van der Waals surface area contributed by atoms with E-state index in [4.69, 9.17) is 4.74 Å². The van der Waals surface area contributed by atoms with E-state index in [1.54, 1.807) is 7.11 Å². The molecule has 0 radical (unpaired) electrons. The molecule has 5 heteroatoms. The summed E-state index contributed by atoms with van der Waals surface area (Å²) in [4.78, 5) is 14.5. The van der Waals surface area contributed by atoms with Crippen molar-refractivity contribution >= 4 is 11.7 Å². The number of carbonyl (C=O) groups is 1. The number of anilines is 1. The van der Waals surface area contributed by atoms with Crippen LogP contribution in [0.4, 0.5) is 10.5 Å². The van der Waals surface area contributed by atoms with Gasteiger partial charge in [-0.1, -0.05) is 38.1 Å². The molecule has 134 valence electrons. The maximum atomic E-state index is 12.1. The average Bonchev–Trinajstić information content (AvgIpc) is 2.65. The molecular weight excluding hydrogens is 314 g/mol. The van der Waals surface area contributed by atoms with Crippen LogP contribution in [0.5, 0.6) is 5.75 Å². The highest BCUT2D eigenvalue weighted by atomic mass is 16.5. The Labute approximate surface area is 150 Å². The minimum Gasteiger partial charge on any atom is -0.497 e. The van der Waals surface area contributed by atoms with Crippen LogP contribution >= 0.6 is 0 Å². The molecule has 25 heavy (non-hydrogen) atoms. The topological polar surface area (TPSA) is 53.6 Å². The van der Waals surface area contributed by atoms with Gasteiger partial charge in [0.25, 0.3) is 0 Å². The van der Waals surface area contributed by atoms with Crippen molar-refractivity contribution in [2.75, 3.05) is 25.5 Å². The molecule has 0 unspecified atom stereocenters. The molecule has 5 nitrogen and oxygen atoms in total. The molecule has 0 saturated heterocycles. The number of hydrogen-bond donors (Lipinski definition) is 2. The number of rotatable bonds is 8. The minimum atomic E-state index is -0.220. The van der Waals surface area contributed by atoms with Gasteiger partial charge in [-0.05, 0) is 48.5 Å². The largest absolute Gasteiger partial charge is 0.497 e. The molecule has 0 aliphatic carbocycles. The normalized spacial score (nSPS) is 10.6. The van der Waals surface area contributed by atoms with Crippen molar-refractivity contribution in [2.24, 2.45) is 0 Å². The predicted octanol–water partition coefficient (Wildman–Crippen LogP) is 3.86. The van der Waals surface area contributed by atoms with Crippen molar-refractivity contribution in [1.82, 2.24) is 10.2 Å². The molecule has 0 aliphatic heterocycles. The van der Waals surface area contributed by atoms with Gasteiger partial charge in [-0.15, -0.1) is 0 Å². The number of urea groups is 1. The van der Waals surface area contributed by atoms with E-state index >= 15 is 0 Å². The van der Waals surface area contributed by atoms with E-state index in [9.17, 15) is 4.79 Å². The number of methoxy groups -OCH3 is 1. The second-order valence-corrected chi connectivity index (χ2v) is 5.77. The van der Waals surface area contributed by atoms with Gasteiger partial charge in [0.1, 0.15) is 5.75 Å². The van der Waals surface area contributed by atoms with Crippen LogP contribution in [0.2, 0.25) is 0 Å². The van der Waals surface area contributed by atoms with Crippen molar-refractivity contribution in [3.63, 3.8) is 0 Å². The Bertz CT molecular complexity index is 667. The lowest BCUT2D eigenvalue weighted by Gasteiger charge is -2.20. The standard InChI is InChI=1S/C20H27N3O2/c1-4-23(5-2)15-17-9-7-6-8-16(17)14-21-20(24)22-18-10-12-19(25-3)13-11-18/h6-13H,4-5,14-15H2,1-3H3,(H2,21,22,24). The Kier molecular flexibility index (Phi) is 7.29. The van der Waals surface area contributed by atoms with Crippen LogP contribution in [-0.4, -0.2) is 31.1 Å². The molecule has 0 fully saturated rings. The van der Waals surface area contributed by atoms with Crippen LogP contribution in [0.3, 0.4) is 0 Å². The van der Waals surface area contributed by atoms with Crippen molar-refractivity contribution in [1.29, 1.82) is 0 Å². The van der Waals surface area contributed by atoms with Crippen LogP contribution in [0.15, 0.2) is 48.5 Å². The number of ether oxygens (including phenoxy) is 1. The number of amides is 2. The van der Waals surface area contributed by atoms with E-state index in [1.165, 1.54) is 5.56 Å². The number of nitrogens with one attached hydrogen (secondary N) is 2. The van der Waals surface area contributed by atoms with E-state index in [0.29, 0.717) is 6.54 Å². The fourth-order valence-corrected chi connectivity index (χ4v) is 2.60. The first-order valence-electron chi connectivity index (χ1n) is 8.64. The first-order valence-corrected chi connectivity index (χ1v) is 8.64. The van der Waals surface area contributed by atoms with E-state index in [2.05, 4.69) is 41.5 Å². The number of carbonyl (C=O) groups excluding carboxylic acids is 1. The Hall–Kier alpha value is -2.53. The summed E-state index contributed by atoms with van der Waals surface area (Å²) < 4.78 is 5.11. The van der Waals surface area contributed by atoms with Crippen molar-refractivity contribution in [3.05, 3.63) is 59.7 Å². The van der Waals surface area contributed by atoms with Crippen LogP contribution in [0.25, 0.3) is 0 Å². The highest BCUT2D eigenvalue weighted by Gasteiger charge is 2.08. The van der Waals surface area contributed by atoms with E-state index in [-0.39, 0.29) is 6.03 Å². The molecule has 2 aromatic rings. The van der Waals surface area contributed by atoms with E-state index < -0.39 is 0 Å². The highest BCUT2D eigenvalue weighted by molar-refractivity contribution is 5.89. The van der Waals surface area contributed by atoms with Gasteiger partial charge in [0.15, 0.2) is 0 Å². The second kappa shape index (κ2) is 9.69. The molecule has 0 aromatic heterocycles. The van der Waals surface area contributed by atoms with Gasteiger partial charge in [0.05, 0.1) is 7.11 Å². The summed E-state index contributed by atoms with van der Waals surface area (Å²) >= 11 is 0. The summed E-state index contributed by atoms with van der Waals surface area (Å²) in [7, 11) is 1.62. The lowest BCUT2D eigenvalue weighted by Crippen LogP contribution is -2.29. The number of hydrogen-bond acceptors (Lipinski definition) is 3. The molecule has 0 atom stereocenters. The summed E-state index contributed by atoms with van der Waals surface area (Å²) in [6, 6.07) is 15.3. The second-order valence-electron chi connectivity index (χ2n) is 5.77. The summed E-state index contributed by atoms with van der Waals surface area (Å²) in [5.41, 5.74) is 3.12. The minimum absolute atomic E-state index is 0.220. The summed E-state index contributed by atoms with van der Waals surface area (Å²) in [6.45, 7) is 7.73. The van der Waals surface area contributed by atoms with E-state index in [0.717, 1.165) is 36.6 Å². The zero-order valence-electron chi connectivity index (χ0n) is 15.2. The van der Waals surface area contributed by atoms with Crippen LogP contribution < -0.4 is 15.4 Å². The maximum absolute atomic E-state index is 12.1. The Morgan fingerprint density at radius 3 is 2.24 bits per heavy atom. The first kappa shape index (κ1) is 18.8. The monoisotopic (exact) mass is 341 g/mol. The third kappa shape index (κ3) is 5.80. The van der Waals surface area contributed by atoms with Crippen molar-refractivity contribution in [2.45, 2.75) is 26.9 Å². The van der Waals surface area contributed by atoms with Crippen LogP contribution in [0.1, 0.15) is 25.0 Å². The maximum Gasteiger partial charge on any atom is 0.319 e. The first-order chi connectivity index (χ1) is 12.2. The smallest absolute Gasteiger partial charge is 0.319 e. The molecular formula is C20H27N3O2. The zero-order chi connectivity index (χ0) is 18.1. The predicted molar refractivity (Wildman–Crippen MR) is 102 cm³/mol. The van der Waals surface area contributed by atoms with Crippen molar-refractivity contribution in [3.8, 4) is 5.75 Å². The van der Waals surface area contributed by atoms with Gasteiger partial charge in [-0.25, -0.2) is 4.79 Å². The summed E-state index contributed by atoms with van der Waals surface area (Å²) in [5, 5.41) is 5.76. The lowest BCUT2D eigenvalue weighted by atomic mass is 10.1. The average molecular weight is 341 g/mol.